The van der Waals surface area contributed by atoms with Crippen LogP contribution in [-0.2, 0) is 9.13 Å². The molecule has 0 radical (unpaired) electrons. The molecule has 3 N–H and O–H groups in total. The van der Waals surface area contributed by atoms with Gasteiger partial charge in [0.2, 0.25) is 0 Å². The summed E-state index contributed by atoms with van der Waals surface area (Å²) in [7, 11) is -7.25. The molecule has 0 aromatic heterocycles. The monoisotopic (exact) mass is 267 g/mol. The Hall–Kier alpha value is -0.0500. The van der Waals surface area contributed by atoms with E-state index in [2.05, 4.69) is 12.2 Å². The fraction of sp³-hybridized carbons (Fsp3) is 0.778. The Morgan fingerprint density at radius 2 is 2.06 bits per heavy atom. The molecule has 2 unspecified atom stereocenters. The summed E-state index contributed by atoms with van der Waals surface area (Å²) in [6.45, 7) is 0. The Bertz CT molecular complexity index is 310. The van der Waals surface area contributed by atoms with E-state index in [0.717, 1.165) is 19.3 Å². The molecule has 0 aromatic carbocycles. The van der Waals surface area contributed by atoms with E-state index < -0.39 is 21.0 Å². The Kier molecular flexibility index (Phi) is 5.29. The lowest BCUT2D eigenvalue weighted by Crippen LogP contribution is -2.07. The van der Waals surface area contributed by atoms with E-state index in [1.54, 1.807) is 0 Å². The van der Waals surface area contributed by atoms with Gasteiger partial charge in [-0.2, -0.15) is 14.7 Å². The van der Waals surface area contributed by atoms with Gasteiger partial charge in [0.15, 0.2) is 0 Å². The maximum Gasteiger partial charge on any atom is 0.421 e. The maximum atomic E-state index is 10.7. The predicted octanol–water partition coefficient (Wildman–Crippen LogP) is 2.36. The third kappa shape index (κ3) is 4.44. The minimum absolute atomic E-state index is 0.111. The zero-order valence-corrected chi connectivity index (χ0v) is 10.7. The van der Waals surface area contributed by atoms with E-state index >= 15 is 0 Å². The van der Waals surface area contributed by atoms with Gasteiger partial charge in [-0.15, -0.1) is 0 Å². The SMILES string of the molecule is O=P(=O)C(CCCC1C=CCC1)[P+](O)(O)O. The molecule has 1 aliphatic rings. The van der Waals surface area contributed by atoms with Crippen LogP contribution < -0.4 is 0 Å². The summed E-state index contributed by atoms with van der Waals surface area (Å²) in [6, 6.07) is 0. The predicted molar refractivity (Wildman–Crippen MR) is 61.4 cm³/mol. The van der Waals surface area contributed by atoms with Gasteiger partial charge in [0, 0.05) is 6.42 Å². The maximum absolute atomic E-state index is 10.7. The van der Waals surface area contributed by atoms with E-state index in [4.69, 9.17) is 14.7 Å². The molecule has 1 aliphatic carbocycles. The molecule has 5 nitrogen and oxygen atoms in total. The van der Waals surface area contributed by atoms with E-state index in [1.807, 2.05) is 0 Å². The average molecular weight is 267 g/mol. The smallest absolute Gasteiger partial charge is 0.233 e. The molecule has 92 valence electrons. The standard InChI is InChI=1S/C9H17O5P2/c10-15(11)9(16(12,13)14)7-3-6-8-4-1-2-5-8/h1,4,8-9,12-14H,2-3,5-7H2/q+1. The summed E-state index contributed by atoms with van der Waals surface area (Å²) < 4.78 is 21.5. The van der Waals surface area contributed by atoms with Gasteiger partial charge in [-0.25, -0.2) is 9.13 Å². The lowest BCUT2D eigenvalue weighted by molar-refractivity contribution is 0.320. The van der Waals surface area contributed by atoms with Crippen molar-refractivity contribution < 1.29 is 23.8 Å². The van der Waals surface area contributed by atoms with Crippen molar-refractivity contribution >= 4 is 15.6 Å². The van der Waals surface area contributed by atoms with Crippen molar-refractivity contribution in [2.24, 2.45) is 5.92 Å². The first-order chi connectivity index (χ1) is 7.41. The number of hydrogen-bond acceptors (Lipinski definition) is 5. The van der Waals surface area contributed by atoms with Crippen molar-refractivity contribution in [3.8, 4) is 0 Å². The average Bonchev–Trinajstić information content (AvgIpc) is 2.61. The van der Waals surface area contributed by atoms with Gasteiger partial charge in [-0.05, 0) is 31.6 Å². The Balaban J connectivity index is 2.36. The lowest BCUT2D eigenvalue weighted by atomic mass is 10.0. The lowest BCUT2D eigenvalue weighted by Gasteiger charge is -2.11. The molecule has 16 heavy (non-hydrogen) atoms. The molecule has 0 saturated heterocycles. The third-order valence-electron chi connectivity index (χ3n) is 2.79. The third-order valence-corrected chi connectivity index (χ3v) is 6.09. The van der Waals surface area contributed by atoms with E-state index in [0.29, 0.717) is 12.3 Å². The van der Waals surface area contributed by atoms with Crippen LogP contribution in [-0.4, -0.2) is 20.1 Å². The Morgan fingerprint density at radius 3 is 2.50 bits per heavy atom. The van der Waals surface area contributed by atoms with Crippen molar-refractivity contribution in [2.45, 2.75) is 37.5 Å². The molecule has 7 heteroatoms. The molecule has 0 aromatic rings. The van der Waals surface area contributed by atoms with Gasteiger partial charge >= 0.3 is 15.6 Å². The van der Waals surface area contributed by atoms with Crippen molar-refractivity contribution in [3.05, 3.63) is 12.2 Å². The normalized spacial score (nSPS) is 22.3. The first-order valence-corrected chi connectivity index (χ1v) is 8.24. The van der Waals surface area contributed by atoms with Gasteiger partial charge in [-0.3, -0.25) is 0 Å². The minimum Gasteiger partial charge on any atom is -0.233 e. The highest BCUT2D eigenvalue weighted by molar-refractivity contribution is 7.68. The number of hydrogen-bond donors (Lipinski definition) is 3. The van der Waals surface area contributed by atoms with Crippen LogP contribution in [0.5, 0.6) is 0 Å². The Labute approximate surface area is 95.6 Å². The molecule has 0 heterocycles. The fourth-order valence-electron chi connectivity index (χ4n) is 1.90. The first-order valence-electron chi connectivity index (χ1n) is 5.28. The molecule has 0 aliphatic heterocycles. The summed E-state index contributed by atoms with van der Waals surface area (Å²) >= 11 is 0. The second kappa shape index (κ2) is 6.04. The zero-order valence-electron chi connectivity index (χ0n) is 8.90. The zero-order chi connectivity index (χ0) is 12.2. The minimum atomic E-state index is -4.26. The van der Waals surface area contributed by atoms with Gasteiger partial charge in [0.1, 0.15) is 0 Å². The molecular formula is C9H17O5P2+. The van der Waals surface area contributed by atoms with Crippen molar-refractivity contribution in [3.63, 3.8) is 0 Å². The molecule has 0 fully saturated rings. The second-order valence-electron chi connectivity index (χ2n) is 4.08. The van der Waals surface area contributed by atoms with Gasteiger partial charge in [0.25, 0.3) is 5.40 Å². The van der Waals surface area contributed by atoms with Crippen molar-refractivity contribution in [2.75, 3.05) is 0 Å². The van der Waals surface area contributed by atoms with E-state index in [1.165, 1.54) is 0 Å². The molecule has 0 saturated carbocycles. The van der Waals surface area contributed by atoms with Crippen LogP contribution in [0.15, 0.2) is 12.2 Å². The fourth-order valence-corrected chi connectivity index (χ4v) is 3.84. The topological polar surface area (TPSA) is 94.8 Å². The molecule has 0 bridgehead atoms. The summed E-state index contributed by atoms with van der Waals surface area (Å²) in [5.41, 5.74) is 0. The summed E-state index contributed by atoms with van der Waals surface area (Å²) in [4.78, 5) is 26.9. The molecule has 1 rings (SSSR count). The van der Waals surface area contributed by atoms with Crippen molar-refractivity contribution in [1.29, 1.82) is 0 Å². The quantitative estimate of drug-likeness (QED) is 0.507. The molecule has 0 spiro atoms. The van der Waals surface area contributed by atoms with Gasteiger partial charge in [0.05, 0.1) is 0 Å². The van der Waals surface area contributed by atoms with Crippen molar-refractivity contribution in [1.82, 2.24) is 0 Å². The highest BCUT2D eigenvalue weighted by Gasteiger charge is 2.46. The number of allylic oxidation sites excluding steroid dienone is 2. The summed E-state index contributed by atoms with van der Waals surface area (Å²) in [5.74, 6) is 0.467. The van der Waals surface area contributed by atoms with Crippen LogP contribution >= 0.6 is 15.6 Å². The first kappa shape index (κ1) is 14.0. The van der Waals surface area contributed by atoms with Crippen LogP contribution in [0.2, 0.25) is 0 Å². The number of rotatable bonds is 6. The Morgan fingerprint density at radius 1 is 1.38 bits per heavy atom. The van der Waals surface area contributed by atoms with Gasteiger partial charge < -0.3 is 0 Å². The van der Waals surface area contributed by atoms with E-state index in [9.17, 15) is 9.13 Å². The van der Waals surface area contributed by atoms with Gasteiger partial charge in [-0.1, -0.05) is 12.2 Å². The van der Waals surface area contributed by atoms with Crippen LogP contribution in [0, 0.1) is 5.92 Å². The highest BCUT2D eigenvalue weighted by Crippen LogP contribution is 2.58. The highest BCUT2D eigenvalue weighted by atomic mass is 31.2. The van der Waals surface area contributed by atoms with E-state index in [-0.39, 0.29) is 6.42 Å². The van der Waals surface area contributed by atoms with Crippen LogP contribution in [0.4, 0.5) is 0 Å². The molecule has 2 atom stereocenters. The van der Waals surface area contributed by atoms with Crippen LogP contribution in [0.1, 0.15) is 32.1 Å². The summed E-state index contributed by atoms with van der Waals surface area (Å²) in [5, 5.41) is -1.40. The molecular weight excluding hydrogens is 250 g/mol. The van der Waals surface area contributed by atoms with Crippen LogP contribution in [0.25, 0.3) is 0 Å². The molecule has 0 amide bonds. The second-order valence-corrected chi connectivity index (χ2v) is 7.53. The largest absolute Gasteiger partial charge is 0.421 e. The van der Waals surface area contributed by atoms with Crippen LogP contribution in [0.3, 0.4) is 0 Å². The summed E-state index contributed by atoms with van der Waals surface area (Å²) in [6.07, 6.45) is 7.85.